The lowest BCUT2D eigenvalue weighted by atomic mass is 10.0. The molecule has 0 saturated heterocycles. The molecule has 4 aromatic rings. The molecule has 4 rings (SSSR count). The standard InChI is InChI=1S/C25H21ClN2O2S/c26-20-12-10-18(11-13-20)25(22-9-4-14-31-22)28-24(30)16-27-23(29)15-19-7-3-6-17-5-1-2-8-21(17)19/h1-14,25H,15-16H2,(H,27,29)(H,28,30). The number of carbonyl (C=O) groups excluding carboxylic acids is 2. The lowest BCUT2D eigenvalue weighted by molar-refractivity contribution is -0.126. The van der Waals surface area contributed by atoms with Crippen LogP contribution in [-0.4, -0.2) is 18.4 Å². The minimum absolute atomic E-state index is 0.0843. The Hall–Kier alpha value is -3.15. The van der Waals surface area contributed by atoms with E-state index in [9.17, 15) is 9.59 Å². The third kappa shape index (κ3) is 5.32. The van der Waals surface area contributed by atoms with Crippen LogP contribution in [0.3, 0.4) is 0 Å². The van der Waals surface area contributed by atoms with Gasteiger partial charge in [0.2, 0.25) is 11.8 Å². The van der Waals surface area contributed by atoms with Crippen molar-refractivity contribution >= 4 is 45.5 Å². The van der Waals surface area contributed by atoms with Gasteiger partial charge in [0.25, 0.3) is 0 Å². The number of amides is 2. The molecule has 0 radical (unpaired) electrons. The first-order valence-corrected chi connectivity index (χ1v) is 11.2. The maximum atomic E-state index is 12.6. The number of carbonyl (C=O) groups is 2. The van der Waals surface area contributed by atoms with Gasteiger partial charge in [-0.15, -0.1) is 11.3 Å². The predicted octanol–water partition coefficient (Wildman–Crippen LogP) is 5.12. The van der Waals surface area contributed by atoms with E-state index in [1.165, 1.54) is 0 Å². The van der Waals surface area contributed by atoms with Crippen LogP contribution in [0.4, 0.5) is 0 Å². The summed E-state index contributed by atoms with van der Waals surface area (Å²) in [4.78, 5) is 26.1. The molecule has 2 amide bonds. The fourth-order valence-corrected chi connectivity index (χ4v) is 4.43. The Bertz CT molecular complexity index is 1180. The fraction of sp³-hybridized carbons (Fsp3) is 0.120. The fourth-order valence-electron chi connectivity index (χ4n) is 3.50. The van der Waals surface area contributed by atoms with Gasteiger partial charge in [0.1, 0.15) is 0 Å². The highest BCUT2D eigenvalue weighted by Crippen LogP contribution is 2.27. The van der Waals surface area contributed by atoms with Crippen LogP contribution in [-0.2, 0) is 16.0 Å². The number of hydrogen-bond acceptors (Lipinski definition) is 3. The lowest BCUT2D eigenvalue weighted by Crippen LogP contribution is -2.39. The van der Waals surface area contributed by atoms with Crippen molar-refractivity contribution in [3.8, 4) is 0 Å². The van der Waals surface area contributed by atoms with Crippen molar-refractivity contribution in [2.45, 2.75) is 12.5 Å². The zero-order valence-corrected chi connectivity index (χ0v) is 18.2. The van der Waals surface area contributed by atoms with E-state index in [0.717, 1.165) is 26.8 Å². The molecule has 6 heteroatoms. The molecule has 1 unspecified atom stereocenters. The molecule has 2 N–H and O–H groups in total. The molecule has 156 valence electrons. The third-order valence-corrected chi connectivity index (χ3v) is 6.20. The summed E-state index contributed by atoms with van der Waals surface area (Å²) >= 11 is 7.57. The van der Waals surface area contributed by atoms with Crippen LogP contribution in [0, 0.1) is 0 Å². The van der Waals surface area contributed by atoms with Gasteiger partial charge in [-0.25, -0.2) is 0 Å². The van der Waals surface area contributed by atoms with Gasteiger partial charge in [0.15, 0.2) is 0 Å². The number of thiophene rings is 1. The van der Waals surface area contributed by atoms with E-state index < -0.39 is 0 Å². The minimum atomic E-state index is -0.292. The van der Waals surface area contributed by atoms with Crippen molar-refractivity contribution < 1.29 is 9.59 Å². The summed E-state index contributed by atoms with van der Waals surface area (Å²) in [6.07, 6.45) is 0.222. The molecule has 3 aromatic carbocycles. The first-order chi connectivity index (χ1) is 15.1. The van der Waals surface area contributed by atoms with E-state index in [1.54, 1.807) is 23.5 Å². The van der Waals surface area contributed by atoms with Gasteiger partial charge in [-0.2, -0.15) is 0 Å². The molecular weight excluding hydrogens is 428 g/mol. The molecule has 1 aromatic heterocycles. The van der Waals surface area contributed by atoms with Crippen molar-refractivity contribution in [1.29, 1.82) is 0 Å². The van der Waals surface area contributed by atoms with Gasteiger partial charge >= 0.3 is 0 Å². The molecule has 1 atom stereocenters. The number of rotatable bonds is 7. The predicted molar refractivity (Wildman–Crippen MR) is 126 cm³/mol. The maximum Gasteiger partial charge on any atom is 0.240 e. The summed E-state index contributed by atoms with van der Waals surface area (Å²) in [5.74, 6) is -0.440. The van der Waals surface area contributed by atoms with Gasteiger partial charge in [0.05, 0.1) is 19.0 Å². The van der Waals surface area contributed by atoms with Crippen LogP contribution >= 0.6 is 22.9 Å². The minimum Gasteiger partial charge on any atom is -0.347 e. The van der Waals surface area contributed by atoms with Gasteiger partial charge in [-0.1, -0.05) is 72.3 Å². The van der Waals surface area contributed by atoms with Crippen LogP contribution in [0.2, 0.25) is 5.02 Å². The largest absolute Gasteiger partial charge is 0.347 e. The van der Waals surface area contributed by atoms with Gasteiger partial charge in [0, 0.05) is 9.90 Å². The van der Waals surface area contributed by atoms with Crippen LogP contribution < -0.4 is 10.6 Å². The SMILES string of the molecule is O=C(Cc1cccc2ccccc12)NCC(=O)NC(c1ccc(Cl)cc1)c1cccs1. The summed E-state index contributed by atoms with van der Waals surface area (Å²) in [5, 5.41) is 10.5. The molecule has 0 spiro atoms. The van der Waals surface area contributed by atoms with E-state index in [-0.39, 0.29) is 30.8 Å². The lowest BCUT2D eigenvalue weighted by Gasteiger charge is -2.18. The molecule has 0 fully saturated rings. The maximum absolute atomic E-state index is 12.6. The van der Waals surface area contributed by atoms with E-state index in [4.69, 9.17) is 11.6 Å². The quantitative estimate of drug-likeness (QED) is 0.412. The zero-order chi connectivity index (χ0) is 21.6. The summed E-state index contributed by atoms with van der Waals surface area (Å²) < 4.78 is 0. The second-order valence-electron chi connectivity index (χ2n) is 7.16. The molecule has 0 aliphatic heterocycles. The monoisotopic (exact) mass is 448 g/mol. The normalized spacial score (nSPS) is 11.8. The molecule has 31 heavy (non-hydrogen) atoms. The van der Waals surface area contributed by atoms with Crippen molar-refractivity contribution in [1.82, 2.24) is 10.6 Å². The van der Waals surface area contributed by atoms with Crippen LogP contribution in [0.1, 0.15) is 22.0 Å². The number of halogens is 1. The van der Waals surface area contributed by atoms with E-state index in [0.29, 0.717) is 5.02 Å². The van der Waals surface area contributed by atoms with Crippen LogP contribution in [0.25, 0.3) is 10.8 Å². The van der Waals surface area contributed by atoms with Gasteiger partial charge < -0.3 is 10.6 Å². The van der Waals surface area contributed by atoms with Gasteiger partial charge in [-0.3, -0.25) is 9.59 Å². The topological polar surface area (TPSA) is 58.2 Å². The Morgan fingerprint density at radius 1 is 0.871 bits per heavy atom. The summed E-state index contributed by atoms with van der Waals surface area (Å²) in [7, 11) is 0. The molecule has 4 nitrogen and oxygen atoms in total. The number of nitrogens with one attached hydrogen (secondary N) is 2. The van der Waals surface area contributed by atoms with Crippen molar-refractivity contribution in [3.05, 3.63) is 105 Å². The van der Waals surface area contributed by atoms with E-state index >= 15 is 0 Å². The highest BCUT2D eigenvalue weighted by Gasteiger charge is 2.18. The van der Waals surface area contributed by atoms with Crippen LogP contribution in [0.15, 0.2) is 84.2 Å². The van der Waals surface area contributed by atoms with Crippen molar-refractivity contribution in [2.24, 2.45) is 0 Å². The Morgan fingerprint density at radius 3 is 2.42 bits per heavy atom. The Morgan fingerprint density at radius 2 is 1.65 bits per heavy atom. The summed E-state index contributed by atoms with van der Waals surface area (Å²) in [6.45, 7) is -0.0843. The third-order valence-electron chi connectivity index (χ3n) is 5.01. The molecule has 0 bridgehead atoms. The number of fused-ring (bicyclic) bond motifs is 1. The molecule has 1 heterocycles. The average Bonchev–Trinajstić information content (AvgIpc) is 3.32. The molecule has 0 aliphatic rings. The molecule has 0 saturated carbocycles. The Kier molecular flexibility index (Phi) is 6.65. The second kappa shape index (κ2) is 9.77. The summed E-state index contributed by atoms with van der Waals surface area (Å²) in [5.41, 5.74) is 1.87. The van der Waals surface area contributed by atoms with Crippen LogP contribution in [0.5, 0.6) is 0 Å². The van der Waals surface area contributed by atoms with E-state index in [2.05, 4.69) is 10.6 Å². The second-order valence-corrected chi connectivity index (χ2v) is 8.57. The molecular formula is C25H21ClN2O2S. The van der Waals surface area contributed by atoms with Gasteiger partial charge in [-0.05, 0) is 45.5 Å². The molecule has 0 aliphatic carbocycles. The Labute approximate surface area is 189 Å². The first-order valence-electron chi connectivity index (χ1n) is 9.92. The number of hydrogen-bond donors (Lipinski definition) is 2. The van der Waals surface area contributed by atoms with E-state index in [1.807, 2.05) is 72.1 Å². The zero-order valence-electron chi connectivity index (χ0n) is 16.7. The number of benzene rings is 3. The smallest absolute Gasteiger partial charge is 0.240 e. The van der Waals surface area contributed by atoms with Crippen molar-refractivity contribution in [3.63, 3.8) is 0 Å². The highest BCUT2D eigenvalue weighted by molar-refractivity contribution is 7.10. The summed E-state index contributed by atoms with van der Waals surface area (Å²) in [6, 6.07) is 24.9. The Balaban J connectivity index is 1.39. The highest BCUT2D eigenvalue weighted by atomic mass is 35.5. The average molecular weight is 449 g/mol. The van der Waals surface area contributed by atoms with Crippen molar-refractivity contribution in [2.75, 3.05) is 6.54 Å². The first kappa shape index (κ1) is 21.1.